The van der Waals surface area contributed by atoms with Crippen LogP contribution in [0.4, 0.5) is 0 Å². The van der Waals surface area contributed by atoms with E-state index >= 15 is 0 Å². The molecule has 0 unspecified atom stereocenters. The molecule has 4 nitrogen and oxygen atoms in total. The first-order valence-electron chi connectivity index (χ1n) is 0.123. The molecule has 0 heterocycles. The van der Waals surface area contributed by atoms with Crippen LogP contribution in [-0.4, -0.2) is 16.4 Å². The van der Waals surface area contributed by atoms with Crippen molar-refractivity contribution in [2.75, 3.05) is 0 Å². The predicted molar refractivity (Wildman–Crippen MR) is 21.6 cm³/mol. The molecule has 0 amide bonds. The van der Waals surface area contributed by atoms with Crippen LogP contribution < -0.4 is 0 Å². The van der Waals surface area contributed by atoms with Gasteiger partial charge in [-0.1, -0.05) is 14.9 Å². The molecule has 0 saturated heterocycles. The second kappa shape index (κ2) is 189. The average molecular weight is 532 g/mol. The second-order valence-electron chi connectivity index (χ2n) is 0. The van der Waals surface area contributed by atoms with Gasteiger partial charge < -0.3 is 16.4 Å². The van der Waals surface area contributed by atoms with Gasteiger partial charge >= 0.3 is 69.1 Å². The van der Waals surface area contributed by atoms with Gasteiger partial charge in [-0.2, -0.15) is 0 Å². The SMILES string of the molecule is C.C.O.[Ag+].[Ag+].[Ag].[OH-].[OH-].[O]=[Ag]. The third-order valence-corrected chi connectivity index (χ3v) is 0. The molecule has 88 valence electrons. The summed E-state index contributed by atoms with van der Waals surface area (Å²) in [5.41, 5.74) is 0. The van der Waals surface area contributed by atoms with Gasteiger partial charge in [-0.05, 0) is 0 Å². The van der Waals surface area contributed by atoms with E-state index in [0.717, 1.165) is 0 Å². The molecular formula is C2H12Ag4O4. The Kier molecular flexibility index (Phi) is 2440. The molecule has 0 aliphatic rings. The summed E-state index contributed by atoms with van der Waals surface area (Å²) in [5, 5.41) is 0. The normalized spacial score (nSPS) is 0.600. The Bertz CT molecular complexity index is 15.2. The second-order valence-corrected chi connectivity index (χ2v) is 0. The van der Waals surface area contributed by atoms with Crippen LogP contribution in [0.3, 0.4) is 0 Å². The van der Waals surface area contributed by atoms with Gasteiger partial charge in [0.2, 0.25) is 0 Å². The molecule has 0 fully saturated rings. The Hall–Kier alpha value is 2.64. The molecule has 1 radical (unpaired) electrons. The zero-order chi connectivity index (χ0) is 2.00. The van der Waals surface area contributed by atoms with Gasteiger partial charge in [0.25, 0.3) is 0 Å². The molecule has 0 bridgehead atoms. The van der Waals surface area contributed by atoms with Crippen LogP contribution >= 0.6 is 0 Å². The molecule has 0 aromatic heterocycles. The van der Waals surface area contributed by atoms with E-state index in [1.165, 1.54) is 0 Å². The Labute approximate surface area is 121 Å². The molecule has 0 rings (SSSR count). The van der Waals surface area contributed by atoms with Crippen LogP contribution in [0.1, 0.15) is 14.9 Å². The number of hydrogen-bond donors (Lipinski definition) is 0. The average Bonchev–Trinajstić information content (AvgIpc) is 1.00. The van der Waals surface area contributed by atoms with E-state index in [4.69, 9.17) is 3.25 Å². The zero-order valence-electron chi connectivity index (χ0n) is 3.01. The molecule has 0 saturated carbocycles. The fraction of sp³-hybridized carbons (Fsp3) is 1.00. The number of rotatable bonds is 0. The van der Waals surface area contributed by atoms with E-state index in [-0.39, 0.29) is 98.4 Å². The number of hydrogen-bond acceptors (Lipinski definition) is 3. The van der Waals surface area contributed by atoms with Crippen molar-refractivity contribution in [1.82, 2.24) is 0 Å². The van der Waals surface area contributed by atoms with Crippen molar-refractivity contribution in [2.24, 2.45) is 0 Å². The Balaban J connectivity index is -0.000000000179. The minimum atomic E-state index is 0. The van der Waals surface area contributed by atoms with Gasteiger partial charge in [0, 0.05) is 22.4 Å². The standard InChI is InChI=1S/2CH4.4Ag.3H2O.O/h2*1H4;;;;;3*1H2;/q;;;;2*+1;;;;/p-2. The summed E-state index contributed by atoms with van der Waals surface area (Å²) in [5.74, 6) is 0. The van der Waals surface area contributed by atoms with E-state index in [1.807, 2.05) is 0 Å². The first-order chi connectivity index (χ1) is 1.00. The van der Waals surface area contributed by atoms with Crippen LogP contribution in [0, 0.1) is 0 Å². The fourth-order valence-electron chi connectivity index (χ4n) is 0. The van der Waals surface area contributed by atoms with E-state index in [2.05, 4.69) is 0 Å². The van der Waals surface area contributed by atoms with Crippen molar-refractivity contribution in [3.05, 3.63) is 0 Å². The Morgan fingerprint density at radius 1 is 0.800 bits per heavy atom. The van der Waals surface area contributed by atoms with Crippen LogP contribution in [0.5, 0.6) is 0 Å². The van der Waals surface area contributed by atoms with Gasteiger partial charge in [0.15, 0.2) is 0 Å². The zero-order valence-corrected chi connectivity index (χ0v) is 8.94. The van der Waals surface area contributed by atoms with Crippen molar-refractivity contribution in [3.63, 3.8) is 0 Å². The molecule has 0 aromatic carbocycles. The minimum absolute atomic E-state index is 0. The maximum atomic E-state index is 8.06. The summed E-state index contributed by atoms with van der Waals surface area (Å²) >= 11 is 1.70. The van der Waals surface area contributed by atoms with Crippen molar-refractivity contribution in [1.29, 1.82) is 0 Å². The first-order valence-corrected chi connectivity index (χ1v) is 0.728. The van der Waals surface area contributed by atoms with Crippen LogP contribution in [0.25, 0.3) is 0 Å². The summed E-state index contributed by atoms with van der Waals surface area (Å²) in [4.78, 5) is 0. The van der Waals surface area contributed by atoms with E-state index in [0.29, 0.717) is 0 Å². The molecule has 0 aliphatic heterocycles. The molecule has 0 spiro atoms. The van der Waals surface area contributed by atoms with Crippen LogP contribution in [-0.2, 0) is 91.4 Å². The van der Waals surface area contributed by atoms with Crippen molar-refractivity contribution < 1.29 is 108 Å². The molecule has 10 heavy (non-hydrogen) atoms. The predicted octanol–water partition coefficient (Wildman–Crippen LogP) is -0.0349. The van der Waals surface area contributed by atoms with Crippen molar-refractivity contribution in [2.45, 2.75) is 14.9 Å². The third-order valence-electron chi connectivity index (χ3n) is 0. The van der Waals surface area contributed by atoms with Gasteiger partial charge in [-0.15, -0.1) is 0 Å². The molecule has 4 N–H and O–H groups in total. The van der Waals surface area contributed by atoms with E-state index in [9.17, 15) is 0 Å². The van der Waals surface area contributed by atoms with Gasteiger partial charge in [0.05, 0.1) is 0 Å². The summed E-state index contributed by atoms with van der Waals surface area (Å²) in [7, 11) is 0. The molecular weight excluding hydrogens is 519 g/mol. The van der Waals surface area contributed by atoms with E-state index < -0.39 is 0 Å². The molecule has 8 heteroatoms. The first kappa shape index (κ1) is 129. The monoisotopic (exact) mass is 528 g/mol. The fourth-order valence-corrected chi connectivity index (χ4v) is 0. The molecule has 0 aliphatic carbocycles. The Morgan fingerprint density at radius 2 is 0.800 bits per heavy atom. The maximum absolute atomic E-state index is 8.06. The quantitative estimate of drug-likeness (QED) is 0.410. The van der Waals surface area contributed by atoms with Gasteiger partial charge in [-0.3, -0.25) is 0 Å². The summed E-state index contributed by atoms with van der Waals surface area (Å²) in [6.45, 7) is 0. The van der Waals surface area contributed by atoms with Crippen molar-refractivity contribution >= 4 is 0 Å². The summed E-state index contributed by atoms with van der Waals surface area (Å²) in [6, 6.07) is 0. The van der Waals surface area contributed by atoms with Crippen molar-refractivity contribution in [3.8, 4) is 0 Å². The van der Waals surface area contributed by atoms with Gasteiger partial charge in [-0.25, -0.2) is 0 Å². The summed E-state index contributed by atoms with van der Waals surface area (Å²) in [6.07, 6.45) is 0. The molecule has 0 aromatic rings. The van der Waals surface area contributed by atoms with Crippen LogP contribution in [0.2, 0.25) is 0 Å². The molecule has 0 atom stereocenters. The van der Waals surface area contributed by atoms with E-state index in [1.54, 1.807) is 21.0 Å². The van der Waals surface area contributed by atoms with Gasteiger partial charge in [0.1, 0.15) is 0 Å². The van der Waals surface area contributed by atoms with Crippen LogP contribution in [0.15, 0.2) is 0 Å². The third kappa shape index (κ3) is 142. The topological polar surface area (TPSA) is 109 Å². The Morgan fingerprint density at radius 3 is 0.800 bits per heavy atom. The summed E-state index contributed by atoms with van der Waals surface area (Å²) < 4.78 is 8.06.